The summed E-state index contributed by atoms with van der Waals surface area (Å²) in [5, 5.41) is 4.02. The van der Waals surface area contributed by atoms with Crippen LogP contribution in [0.15, 0.2) is 66.9 Å². The number of carbonyl (C=O) groups is 1. The van der Waals surface area contributed by atoms with Gasteiger partial charge in [0.2, 0.25) is 5.52 Å². The minimum atomic E-state index is -2.19. The standard InChI is InChI=1S/C39H59N2O6P/c1-4-5-6-7-8-9-10-11-12-13-14-15-16-19-28-40-39(42)44-31-37(46-33(2)3)32-45-48(43)47-36-26-24-34(25-27-36)30-41-29-20-22-35-21-17-18-23-38(35)41/h17-18,20-27,29,33,37,43H,4-16,19,28,30-32H2,1-3H3/p+1. The Morgan fingerprint density at radius 2 is 1.40 bits per heavy atom. The third kappa shape index (κ3) is 17.1. The number of hydrogen-bond donors (Lipinski definition) is 2. The SMILES string of the molecule is CCCCCCCCCCCCCCCCNC(=O)OCC(COP(O)Oc1ccc(C[n+]2cccc3ccccc32)cc1)OC(C)C. The van der Waals surface area contributed by atoms with Crippen LogP contribution in [-0.4, -0.2) is 43.0 Å². The number of pyridine rings is 1. The predicted octanol–water partition coefficient (Wildman–Crippen LogP) is 9.79. The number of para-hydroxylation sites is 1. The second kappa shape index (κ2) is 24.4. The Balaban J connectivity index is 1.24. The number of amides is 1. The van der Waals surface area contributed by atoms with Crippen molar-refractivity contribution in [2.45, 2.75) is 129 Å². The molecule has 1 aromatic heterocycles. The molecule has 2 unspecified atom stereocenters. The summed E-state index contributed by atoms with van der Waals surface area (Å²) in [6, 6.07) is 20.0. The second-order valence-electron chi connectivity index (χ2n) is 12.9. The Bertz CT molecular complexity index is 1270. The fourth-order valence-corrected chi connectivity index (χ4v) is 6.36. The van der Waals surface area contributed by atoms with Gasteiger partial charge in [0, 0.05) is 29.6 Å². The van der Waals surface area contributed by atoms with Gasteiger partial charge in [-0.25, -0.2) is 4.79 Å². The lowest BCUT2D eigenvalue weighted by Crippen LogP contribution is -2.34. The van der Waals surface area contributed by atoms with E-state index in [4.69, 9.17) is 18.5 Å². The van der Waals surface area contributed by atoms with E-state index < -0.39 is 20.8 Å². The van der Waals surface area contributed by atoms with Crippen LogP contribution in [0.1, 0.15) is 116 Å². The molecule has 0 saturated carbocycles. The predicted molar refractivity (Wildman–Crippen MR) is 195 cm³/mol. The monoisotopic (exact) mass is 683 g/mol. The van der Waals surface area contributed by atoms with Crippen molar-refractivity contribution in [3.05, 3.63) is 72.4 Å². The van der Waals surface area contributed by atoms with Crippen molar-refractivity contribution in [3.8, 4) is 5.75 Å². The number of carbonyl (C=O) groups excluding carboxylic acids is 1. The third-order valence-corrected chi connectivity index (χ3v) is 9.02. The van der Waals surface area contributed by atoms with E-state index in [0.717, 1.165) is 23.9 Å². The molecule has 0 bridgehead atoms. The number of fused-ring (bicyclic) bond motifs is 1. The van der Waals surface area contributed by atoms with Gasteiger partial charge in [0.15, 0.2) is 12.7 Å². The quantitative estimate of drug-likeness (QED) is 0.0498. The van der Waals surface area contributed by atoms with Crippen molar-refractivity contribution in [2.24, 2.45) is 0 Å². The summed E-state index contributed by atoms with van der Waals surface area (Å²) in [4.78, 5) is 22.7. The third-order valence-electron chi connectivity index (χ3n) is 8.28. The van der Waals surface area contributed by atoms with Crippen molar-refractivity contribution < 1.29 is 32.8 Å². The molecule has 3 aromatic rings. The molecule has 2 N–H and O–H groups in total. The molecule has 2 aromatic carbocycles. The van der Waals surface area contributed by atoms with Crippen molar-refractivity contribution in [1.29, 1.82) is 0 Å². The molecule has 3 rings (SSSR count). The first kappa shape index (κ1) is 39.7. The van der Waals surface area contributed by atoms with Crippen LogP contribution in [0.25, 0.3) is 10.9 Å². The lowest BCUT2D eigenvalue weighted by atomic mass is 10.0. The van der Waals surface area contributed by atoms with Gasteiger partial charge in [-0.15, -0.1) is 0 Å². The van der Waals surface area contributed by atoms with E-state index in [0.29, 0.717) is 18.8 Å². The van der Waals surface area contributed by atoms with E-state index in [1.807, 2.05) is 56.3 Å². The van der Waals surface area contributed by atoms with Gasteiger partial charge in [0.25, 0.3) is 0 Å². The first-order valence-corrected chi connectivity index (χ1v) is 19.4. The van der Waals surface area contributed by atoms with Gasteiger partial charge in [-0.05, 0) is 56.7 Å². The number of ether oxygens (including phenoxy) is 2. The molecule has 48 heavy (non-hydrogen) atoms. The van der Waals surface area contributed by atoms with Crippen LogP contribution in [0.4, 0.5) is 4.79 Å². The minimum Gasteiger partial charge on any atom is -0.447 e. The van der Waals surface area contributed by atoms with E-state index in [1.54, 1.807) is 0 Å². The van der Waals surface area contributed by atoms with Crippen LogP contribution in [0, 0.1) is 0 Å². The van der Waals surface area contributed by atoms with E-state index in [1.165, 1.54) is 82.4 Å². The van der Waals surface area contributed by atoms with Gasteiger partial charge in [0.1, 0.15) is 18.5 Å². The van der Waals surface area contributed by atoms with E-state index in [2.05, 4.69) is 41.2 Å². The Labute approximate surface area is 290 Å². The van der Waals surface area contributed by atoms with Gasteiger partial charge in [-0.2, -0.15) is 4.57 Å². The summed E-state index contributed by atoms with van der Waals surface area (Å²) in [6.45, 7) is 7.43. The Morgan fingerprint density at radius 1 is 0.792 bits per heavy atom. The lowest BCUT2D eigenvalue weighted by molar-refractivity contribution is -0.662. The molecule has 266 valence electrons. The van der Waals surface area contributed by atoms with E-state index in [9.17, 15) is 9.69 Å². The highest BCUT2D eigenvalue weighted by molar-refractivity contribution is 7.41. The summed E-state index contributed by atoms with van der Waals surface area (Å²) < 4.78 is 24.6. The maximum Gasteiger partial charge on any atom is 0.407 e. The molecule has 1 amide bonds. The molecule has 1 heterocycles. The van der Waals surface area contributed by atoms with Gasteiger partial charge < -0.3 is 24.2 Å². The average Bonchev–Trinajstić information content (AvgIpc) is 3.08. The number of rotatable bonds is 26. The Kier molecular flexibility index (Phi) is 20.1. The van der Waals surface area contributed by atoms with Crippen LogP contribution < -0.4 is 14.4 Å². The molecule has 0 aliphatic carbocycles. The van der Waals surface area contributed by atoms with Crippen molar-refractivity contribution in [2.75, 3.05) is 19.8 Å². The van der Waals surface area contributed by atoms with Gasteiger partial charge in [-0.3, -0.25) is 4.52 Å². The maximum atomic E-state index is 12.3. The number of unbranched alkanes of at least 4 members (excludes halogenated alkanes) is 13. The van der Waals surface area contributed by atoms with E-state index >= 15 is 0 Å². The minimum absolute atomic E-state index is 0.0203. The summed E-state index contributed by atoms with van der Waals surface area (Å²) in [5.74, 6) is 0.510. The van der Waals surface area contributed by atoms with Crippen LogP contribution in [0.2, 0.25) is 0 Å². The zero-order chi connectivity index (χ0) is 34.2. The number of benzene rings is 2. The molecule has 2 atom stereocenters. The highest BCUT2D eigenvalue weighted by atomic mass is 31.2. The zero-order valence-corrected chi connectivity index (χ0v) is 30.5. The second-order valence-corrected chi connectivity index (χ2v) is 13.8. The van der Waals surface area contributed by atoms with Crippen molar-refractivity contribution >= 4 is 25.6 Å². The topological polar surface area (TPSA) is 90.1 Å². The van der Waals surface area contributed by atoms with E-state index in [-0.39, 0.29) is 19.3 Å². The fraction of sp³-hybridized carbons (Fsp3) is 0.590. The smallest absolute Gasteiger partial charge is 0.407 e. The summed E-state index contributed by atoms with van der Waals surface area (Å²) in [6.07, 6.45) is 19.2. The first-order valence-electron chi connectivity index (χ1n) is 18.3. The molecular formula is C39H60N2O6P+. The van der Waals surface area contributed by atoms with Crippen LogP contribution >= 0.6 is 8.60 Å². The molecular weight excluding hydrogens is 623 g/mol. The number of nitrogens with zero attached hydrogens (tertiary/aromatic N) is 1. The lowest BCUT2D eigenvalue weighted by Gasteiger charge is -2.21. The highest BCUT2D eigenvalue weighted by Crippen LogP contribution is 2.35. The van der Waals surface area contributed by atoms with Crippen molar-refractivity contribution in [1.82, 2.24) is 5.32 Å². The number of aromatic nitrogens is 1. The van der Waals surface area contributed by atoms with Crippen LogP contribution in [0.5, 0.6) is 5.75 Å². The Hall–Kier alpha value is -2.77. The van der Waals surface area contributed by atoms with Crippen LogP contribution in [0.3, 0.4) is 0 Å². The zero-order valence-electron chi connectivity index (χ0n) is 29.6. The first-order chi connectivity index (χ1) is 23.4. The van der Waals surface area contributed by atoms with Gasteiger partial charge in [-0.1, -0.05) is 103 Å². The largest absolute Gasteiger partial charge is 0.447 e. The van der Waals surface area contributed by atoms with Crippen molar-refractivity contribution in [3.63, 3.8) is 0 Å². The molecule has 0 spiro atoms. The normalized spacial score (nSPS) is 12.7. The summed E-state index contributed by atoms with van der Waals surface area (Å²) in [7, 11) is -2.19. The molecule has 8 nitrogen and oxygen atoms in total. The molecule has 0 saturated heterocycles. The fourth-order valence-electron chi connectivity index (χ4n) is 5.72. The highest BCUT2D eigenvalue weighted by Gasteiger charge is 2.19. The molecule has 0 radical (unpaired) electrons. The molecule has 0 aliphatic heterocycles. The number of alkyl carbamates (subject to hydrolysis) is 1. The van der Waals surface area contributed by atoms with Crippen LogP contribution in [-0.2, 0) is 20.5 Å². The van der Waals surface area contributed by atoms with Gasteiger partial charge >= 0.3 is 14.7 Å². The Morgan fingerprint density at radius 3 is 2.04 bits per heavy atom. The molecule has 0 aliphatic rings. The molecule has 9 heteroatoms. The number of hydrogen-bond acceptors (Lipinski definition) is 6. The summed E-state index contributed by atoms with van der Waals surface area (Å²) in [5.41, 5.74) is 2.27. The summed E-state index contributed by atoms with van der Waals surface area (Å²) >= 11 is 0. The molecule has 0 fully saturated rings. The average molecular weight is 684 g/mol. The maximum absolute atomic E-state index is 12.3. The number of nitrogens with one attached hydrogen (secondary N) is 1. The van der Waals surface area contributed by atoms with Gasteiger partial charge in [0.05, 0.1) is 12.7 Å².